The number of aliphatic hydroxyl groups excluding tert-OH is 1. The Morgan fingerprint density at radius 2 is 2.19 bits per heavy atom. The SMILES string of the molecule is CCOC(=O)C(O)c1cc(C)c(O)cc1F. The Morgan fingerprint density at radius 1 is 1.56 bits per heavy atom. The molecule has 0 amide bonds. The van der Waals surface area contributed by atoms with Crippen molar-refractivity contribution in [2.24, 2.45) is 0 Å². The molecule has 0 heterocycles. The molecule has 2 N–H and O–H groups in total. The van der Waals surface area contributed by atoms with Gasteiger partial charge in [0.2, 0.25) is 0 Å². The van der Waals surface area contributed by atoms with Crippen LogP contribution in [0.3, 0.4) is 0 Å². The molecule has 4 nitrogen and oxygen atoms in total. The molecule has 0 aromatic heterocycles. The molecule has 0 aliphatic rings. The summed E-state index contributed by atoms with van der Waals surface area (Å²) < 4.78 is 17.9. The first-order valence-electron chi connectivity index (χ1n) is 4.81. The number of rotatable bonds is 3. The Balaban J connectivity index is 3.04. The van der Waals surface area contributed by atoms with E-state index in [1.165, 1.54) is 13.0 Å². The Morgan fingerprint density at radius 3 is 2.75 bits per heavy atom. The summed E-state index contributed by atoms with van der Waals surface area (Å²) in [5.74, 6) is -1.98. The first-order chi connectivity index (χ1) is 7.47. The zero-order valence-corrected chi connectivity index (χ0v) is 9.03. The highest BCUT2D eigenvalue weighted by Gasteiger charge is 2.23. The highest BCUT2D eigenvalue weighted by atomic mass is 19.1. The molecule has 1 aromatic rings. The second kappa shape index (κ2) is 4.94. The van der Waals surface area contributed by atoms with Gasteiger partial charge in [-0.25, -0.2) is 9.18 Å². The minimum absolute atomic E-state index is 0.106. The molecule has 0 fully saturated rings. The fourth-order valence-corrected chi connectivity index (χ4v) is 1.25. The fraction of sp³-hybridized carbons (Fsp3) is 0.364. The van der Waals surface area contributed by atoms with E-state index in [2.05, 4.69) is 4.74 Å². The first-order valence-corrected chi connectivity index (χ1v) is 4.81. The lowest BCUT2D eigenvalue weighted by atomic mass is 10.1. The first kappa shape index (κ1) is 12.4. The highest BCUT2D eigenvalue weighted by molar-refractivity contribution is 5.76. The molecule has 0 saturated heterocycles. The Bertz CT molecular complexity index is 403. The number of halogens is 1. The van der Waals surface area contributed by atoms with E-state index in [9.17, 15) is 19.4 Å². The minimum Gasteiger partial charge on any atom is -0.508 e. The van der Waals surface area contributed by atoms with Gasteiger partial charge in [-0.2, -0.15) is 0 Å². The highest BCUT2D eigenvalue weighted by Crippen LogP contribution is 2.25. The number of phenolic OH excluding ortho intramolecular Hbond substituents is 1. The van der Waals surface area contributed by atoms with Crippen LogP contribution in [-0.2, 0) is 9.53 Å². The monoisotopic (exact) mass is 228 g/mol. The van der Waals surface area contributed by atoms with Crippen molar-refractivity contribution in [1.82, 2.24) is 0 Å². The number of benzene rings is 1. The molecule has 0 aliphatic carbocycles. The summed E-state index contributed by atoms with van der Waals surface area (Å²) >= 11 is 0. The summed E-state index contributed by atoms with van der Waals surface area (Å²) in [4.78, 5) is 11.2. The van der Waals surface area contributed by atoms with Crippen LogP contribution in [0, 0.1) is 12.7 Å². The summed E-state index contributed by atoms with van der Waals surface area (Å²) in [7, 11) is 0. The van der Waals surface area contributed by atoms with Crippen LogP contribution in [0.4, 0.5) is 4.39 Å². The Hall–Kier alpha value is -1.62. The topological polar surface area (TPSA) is 66.8 Å². The second-order valence-corrected chi connectivity index (χ2v) is 3.31. The summed E-state index contributed by atoms with van der Waals surface area (Å²) in [6, 6.07) is 2.07. The van der Waals surface area contributed by atoms with Crippen molar-refractivity contribution in [1.29, 1.82) is 0 Å². The molecule has 0 saturated carbocycles. The van der Waals surface area contributed by atoms with E-state index in [1.807, 2.05) is 0 Å². The molecule has 1 aromatic carbocycles. The number of aryl methyl sites for hydroxylation is 1. The third-order valence-electron chi connectivity index (χ3n) is 2.12. The van der Waals surface area contributed by atoms with Gasteiger partial charge < -0.3 is 14.9 Å². The number of ether oxygens (including phenoxy) is 1. The van der Waals surface area contributed by atoms with Gasteiger partial charge in [-0.3, -0.25) is 0 Å². The van der Waals surface area contributed by atoms with Crippen LogP contribution in [0.5, 0.6) is 5.75 Å². The Labute approximate surface area is 92.3 Å². The van der Waals surface area contributed by atoms with Gasteiger partial charge >= 0.3 is 5.97 Å². The van der Waals surface area contributed by atoms with E-state index < -0.39 is 17.9 Å². The van der Waals surface area contributed by atoms with Crippen molar-refractivity contribution in [3.05, 3.63) is 29.1 Å². The molecular weight excluding hydrogens is 215 g/mol. The molecule has 88 valence electrons. The number of carbonyl (C=O) groups excluding carboxylic acids is 1. The quantitative estimate of drug-likeness (QED) is 0.768. The molecule has 0 bridgehead atoms. The number of aliphatic hydroxyl groups is 1. The minimum atomic E-state index is -1.67. The normalized spacial score (nSPS) is 12.2. The van der Waals surface area contributed by atoms with Gasteiger partial charge in [0.25, 0.3) is 0 Å². The van der Waals surface area contributed by atoms with E-state index in [1.54, 1.807) is 6.92 Å². The molecule has 5 heteroatoms. The third kappa shape index (κ3) is 2.49. The second-order valence-electron chi connectivity index (χ2n) is 3.31. The Kier molecular flexibility index (Phi) is 3.84. The van der Waals surface area contributed by atoms with Gasteiger partial charge in [-0.1, -0.05) is 0 Å². The number of esters is 1. The molecule has 1 rings (SSSR count). The number of phenols is 1. The molecule has 16 heavy (non-hydrogen) atoms. The van der Waals surface area contributed by atoms with Crippen molar-refractivity contribution in [2.75, 3.05) is 6.61 Å². The van der Waals surface area contributed by atoms with Gasteiger partial charge in [0, 0.05) is 11.6 Å². The van der Waals surface area contributed by atoms with Gasteiger partial charge in [-0.15, -0.1) is 0 Å². The summed E-state index contributed by atoms with van der Waals surface area (Å²) in [5.41, 5.74) is 0.175. The van der Waals surface area contributed by atoms with Crippen LogP contribution in [0.15, 0.2) is 12.1 Å². The zero-order chi connectivity index (χ0) is 12.3. The van der Waals surface area contributed by atoms with Crippen LogP contribution < -0.4 is 0 Å². The maximum Gasteiger partial charge on any atom is 0.339 e. The van der Waals surface area contributed by atoms with Crippen molar-refractivity contribution < 1.29 is 24.1 Å². The van der Waals surface area contributed by atoms with Crippen molar-refractivity contribution in [3.63, 3.8) is 0 Å². The molecular formula is C11H13FO4. The summed E-state index contributed by atoms with van der Waals surface area (Å²) in [5, 5.41) is 18.7. The summed E-state index contributed by atoms with van der Waals surface area (Å²) in [6.07, 6.45) is -1.67. The van der Waals surface area contributed by atoms with Crippen LogP contribution in [-0.4, -0.2) is 22.8 Å². The molecule has 0 aliphatic heterocycles. The predicted octanol–water partition coefficient (Wildman–Crippen LogP) is 1.44. The number of carbonyl (C=O) groups is 1. The maximum atomic E-state index is 13.4. The largest absolute Gasteiger partial charge is 0.508 e. The van der Waals surface area contributed by atoms with Crippen LogP contribution >= 0.6 is 0 Å². The summed E-state index contributed by atoms with van der Waals surface area (Å²) in [6.45, 7) is 3.23. The van der Waals surface area contributed by atoms with E-state index in [4.69, 9.17) is 0 Å². The molecule has 1 unspecified atom stereocenters. The molecule has 0 radical (unpaired) electrons. The standard InChI is InChI=1S/C11H13FO4/c1-3-16-11(15)10(14)7-4-6(2)9(13)5-8(7)12/h4-5,10,13-14H,3H2,1-2H3. The van der Waals surface area contributed by atoms with E-state index >= 15 is 0 Å². The zero-order valence-electron chi connectivity index (χ0n) is 9.03. The van der Waals surface area contributed by atoms with E-state index in [0.717, 1.165) is 6.07 Å². The third-order valence-corrected chi connectivity index (χ3v) is 2.12. The van der Waals surface area contributed by atoms with Gasteiger partial charge in [0.05, 0.1) is 6.61 Å². The lowest BCUT2D eigenvalue weighted by Gasteiger charge is -2.12. The van der Waals surface area contributed by atoms with Crippen molar-refractivity contribution >= 4 is 5.97 Å². The number of aromatic hydroxyl groups is 1. The van der Waals surface area contributed by atoms with Crippen LogP contribution in [0.1, 0.15) is 24.2 Å². The average Bonchev–Trinajstić information content (AvgIpc) is 2.23. The number of hydrogen-bond donors (Lipinski definition) is 2. The number of hydrogen-bond acceptors (Lipinski definition) is 4. The van der Waals surface area contributed by atoms with E-state index in [-0.39, 0.29) is 17.9 Å². The average molecular weight is 228 g/mol. The molecule has 0 spiro atoms. The van der Waals surface area contributed by atoms with Gasteiger partial charge in [-0.05, 0) is 25.5 Å². The van der Waals surface area contributed by atoms with Gasteiger partial charge in [0.15, 0.2) is 6.10 Å². The van der Waals surface area contributed by atoms with E-state index in [0.29, 0.717) is 5.56 Å². The van der Waals surface area contributed by atoms with Crippen molar-refractivity contribution in [3.8, 4) is 5.75 Å². The maximum absolute atomic E-state index is 13.4. The lowest BCUT2D eigenvalue weighted by Crippen LogP contribution is -2.16. The fourth-order valence-electron chi connectivity index (χ4n) is 1.25. The van der Waals surface area contributed by atoms with Crippen molar-refractivity contribution in [2.45, 2.75) is 20.0 Å². The predicted molar refractivity (Wildman–Crippen MR) is 54.4 cm³/mol. The molecule has 1 atom stereocenters. The van der Waals surface area contributed by atoms with Crippen LogP contribution in [0.2, 0.25) is 0 Å². The lowest BCUT2D eigenvalue weighted by molar-refractivity contribution is -0.153. The van der Waals surface area contributed by atoms with Crippen LogP contribution in [0.25, 0.3) is 0 Å². The smallest absolute Gasteiger partial charge is 0.339 e. The van der Waals surface area contributed by atoms with Gasteiger partial charge in [0.1, 0.15) is 11.6 Å².